The molecule has 6 rings (SSSR count). The van der Waals surface area contributed by atoms with Crippen LogP contribution in [0.4, 0.5) is 0 Å². The minimum atomic E-state index is -5.20. The van der Waals surface area contributed by atoms with Gasteiger partial charge < -0.3 is 0 Å². The van der Waals surface area contributed by atoms with Crippen LogP contribution < -0.4 is 0 Å². The molecule has 0 radical (unpaired) electrons. The van der Waals surface area contributed by atoms with Gasteiger partial charge in [0.05, 0.1) is 0 Å². The molecule has 2 atom stereocenters. The van der Waals surface area contributed by atoms with Crippen LogP contribution in [0.3, 0.4) is 0 Å². The second-order valence-corrected chi connectivity index (χ2v) is 93.0. The molecule has 0 saturated carbocycles. The summed E-state index contributed by atoms with van der Waals surface area (Å²) >= 11 is -5.20. The van der Waals surface area contributed by atoms with Crippen molar-refractivity contribution in [3.8, 4) is 22.3 Å². The van der Waals surface area contributed by atoms with Crippen LogP contribution in [0.2, 0.25) is 16.7 Å². The van der Waals surface area contributed by atoms with Crippen LogP contribution in [-0.4, -0.2) is 6.94 Å². The summed E-state index contributed by atoms with van der Waals surface area (Å²) in [7, 11) is 0. The Hall–Kier alpha value is -2.55. The second-order valence-electron chi connectivity index (χ2n) is 17.0. The topological polar surface area (TPSA) is 0 Å². The third-order valence-corrected chi connectivity index (χ3v) is 96.0. The molecule has 0 saturated heterocycles. The molecule has 0 aliphatic heterocycles. The van der Waals surface area contributed by atoms with Crippen LogP contribution in [0.5, 0.6) is 0 Å². The average Bonchev–Trinajstić information content (AvgIpc) is 3.68. The quantitative estimate of drug-likeness (QED) is 0.157. The van der Waals surface area contributed by atoms with E-state index in [1.54, 1.807) is 11.1 Å². The molecule has 2 unspecified atom stereocenters. The van der Waals surface area contributed by atoms with E-state index in [0.29, 0.717) is 14.7 Å². The van der Waals surface area contributed by atoms with Gasteiger partial charge in [0.15, 0.2) is 0 Å². The second kappa shape index (κ2) is 9.73. The summed E-state index contributed by atoms with van der Waals surface area (Å²) in [6, 6.07) is 32.4. The summed E-state index contributed by atoms with van der Waals surface area (Å²) in [5, 5.41) is 0. The van der Waals surface area contributed by atoms with Gasteiger partial charge in [-0.1, -0.05) is 0 Å². The fourth-order valence-corrected chi connectivity index (χ4v) is 50.7. The zero-order chi connectivity index (χ0) is 31.6. The van der Waals surface area contributed by atoms with Gasteiger partial charge in [-0.05, 0) is 0 Å². The first-order valence-corrected chi connectivity index (χ1v) is 40.9. The van der Waals surface area contributed by atoms with E-state index in [4.69, 9.17) is 0 Å². The fourth-order valence-electron chi connectivity index (χ4n) is 9.86. The van der Waals surface area contributed by atoms with Gasteiger partial charge in [-0.15, -0.1) is 0 Å². The fraction of sp³-hybridized carbons (Fsp3) is 0.333. The Balaban J connectivity index is 1.65. The van der Waals surface area contributed by atoms with Crippen LogP contribution >= 0.6 is 0 Å². The van der Waals surface area contributed by atoms with E-state index in [0.717, 1.165) is 12.8 Å². The number of fused-ring (bicyclic) bond motifs is 2. The maximum absolute atomic E-state index is 5.20. The van der Waals surface area contributed by atoms with Crippen molar-refractivity contribution in [1.29, 1.82) is 0 Å². The summed E-state index contributed by atoms with van der Waals surface area (Å²) in [4.78, 5) is 0. The van der Waals surface area contributed by atoms with Crippen LogP contribution in [-0.2, 0) is 27.0 Å². The molecule has 2 heteroatoms. The molecule has 0 aromatic heterocycles. The van der Waals surface area contributed by atoms with E-state index in [9.17, 15) is 0 Å². The standard InChI is InChI=1S/2C17H15.2C3H7.2CH3.Hf.H2Si/c2*1-2-13-7-3-4-10-15(13)17-12-6-9-14-8-5-11-16(14)17;2*1-3-2;;;;/h2*3-12H,2H2,1H3;2*3H,1-2H3;2*1H3;;1H2. The Morgan fingerprint density at radius 3 is 1.27 bits per heavy atom. The van der Waals surface area contributed by atoms with E-state index in [-0.39, 0.29) is 0 Å². The first-order chi connectivity index (χ1) is 20.8. The molecular formula is C42H52HfSi. The molecule has 0 spiro atoms. The van der Waals surface area contributed by atoms with Crippen molar-refractivity contribution < 1.29 is 14.2 Å². The Morgan fingerprint density at radius 2 is 0.909 bits per heavy atom. The van der Waals surface area contributed by atoms with Crippen molar-refractivity contribution in [2.75, 3.05) is 0 Å². The third kappa shape index (κ3) is 3.71. The Morgan fingerprint density at radius 1 is 0.545 bits per heavy atom. The van der Waals surface area contributed by atoms with Crippen LogP contribution in [0, 0.1) is 0 Å². The third-order valence-electron chi connectivity index (χ3n) is 15.1. The first-order valence-electron chi connectivity index (χ1n) is 17.1. The number of rotatable bonds is 8. The van der Waals surface area contributed by atoms with Gasteiger partial charge in [-0.3, -0.25) is 0 Å². The normalized spacial score (nSPS) is 19.8. The summed E-state index contributed by atoms with van der Waals surface area (Å²) in [5.41, 5.74) is 14.4. The molecule has 44 heavy (non-hydrogen) atoms. The van der Waals surface area contributed by atoms with Crippen LogP contribution in [0.1, 0.15) is 82.3 Å². The Bertz CT molecular complexity index is 1850. The molecule has 0 fully saturated rings. The minimum absolute atomic E-state index is 0.397. The summed E-state index contributed by atoms with van der Waals surface area (Å²) < 4.78 is 7.63. The van der Waals surface area contributed by atoms with E-state index in [1.807, 2.05) is 0 Å². The van der Waals surface area contributed by atoms with Crippen molar-refractivity contribution in [3.63, 3.8) is 0 Å². The molecule has 2 aliphatic carbocycles. The van der Waals surface area contributed by atoms with Crippen molar-refractivity contribution in [2.45, 2.75) is 78.4 Å². The van der Waals surface area contributed by atoms with Gasteiger partial charge in [-0.25, -0.2) is 0 Å². The average molecular weight is 763 g/mol. The van der Waals surface area contributed by atoms with Gasteiger partial charge in [0, 0.05) is 0 Å². The molecule has 0 N–H and O–H groups in total. The first kappa shape index (κ1) is 31.4. The molecule has 0 bridgehead atoms. The van der Waals surface area contributed by atoms with Gasteiger partial charge in [0.25, 0.3) is 0 Å². The SMILES string of the molecule is CCc1ccccc1-c1cccc2c1C=C[CH]2[Hf]([CH3])([CH3])(=[SiH2])([CH](C)C)([CH](C)C)[CH]1C=Cc2c(-c3ccccc3CC)cccc21. The van der Waals surface area contributed by atoms with Crippen LogP contribution in [0.15, 0.2) is 97.1 Å². The van der Waals surface area contributed by atoms with Gasteiger partial charge >= 0.3 is 264 Å². The van der Waals surface area contributed by atoms with Crippen molar-refractivity contribution in [3.05, 3.63) is 130 Å². The number of hydrogen-bond acceptors (Lipinski definition) is 0. The van der Waals surface area contributed by atoms with E-state index >= 15 is 0 Å². The van der Waals surface area contributed by atoms with E-state index in [1.165, 1.54) is 44.5 Å². The molecule has 2 aliphatic rings. The van der Waals surface area contributed by atoms with Gasteiger partial charge in [0.1, 0.15) is 0 Å². The van der Waals surface area contributed by atoms with Gasteiger partial charge in [-0.2, -0.15) is 0 Å². The zero-order valence-corrected chi connectivity index (χ0v) is 33.3. The summed E-state index contributed by atoms with van der Waals surface area (Å²) in [5.74, 6) is 0. The monoisotopic (exact) mass is 764 g/mol. The maximum atomic E-state index is 2.88. The number of hydrogen-bond donors (Lipinski definition) is 0. The molecule has 0 heterocycles. The summed E-state index contributed by atoms with van der Waals surface area (Å²) in [6.45, 7) is 17.4. The van der Waals surface area contributed by atoms with Crippen LogP contribution in [0.25, 0.3) is 34.4 Å². The molecule has 4 aromatic rings. The molecule has 228 valence electrons. The predicted octanol–water partition coefficient (Wildman–Crippen LogP) is 12.0. The van der Waals surface area contributed by atoms with Crippen molar-refractivity contribution >= 4 is 19.1 Å². The number of benzene rings is 4. The molecular weight excluding hydrogens is 711 g/mol. The number of aryl methyl sites for hydroxylation is 2. The zero-order valence-electron chi connectivity index (χ0n) is 28.3. The van der Waals surface area contributed by atoms with Crippen molar-refractivity contribution in [2.24, 2.45) is 0 Å². The molecule has 0 nitrogen and oxygen atoms in total. The van der Waals surface area contributed by atoms with E-state index in [2.05, 4.69) is 167 Å². The number of allylic oxidation sites excluding steroid dienone is 2. The molecule has 4 aromatic carbocycles. The Labute approximate surface area is 262 Å². The summed E-state index contributed by atoms with van der Waals surface area (Å²) in [6.07, 6.45) is 12.4. The van der Waals surface area contributed by atoms with E-state index < -0.39 is 14.2 Å². The van der Waals surface area contributed by atoms with Crippen molar-refractivity contribution in [1.82, 2.24) is 0 Å². The predicted molar refractivity (Wildman–Crippen MR) is 197 cm³/mol. The Kier molecular flexibility index (Phi) is 6.95. The van der Waals surface area contributed by atoms with Gasteiger partial charge in [0.2, 0.25) is 0 Å². The molecule has 0 amide bonds.